The number of nitrogens with one attached hydrogen (secondary N) is 1. The first-order valence-electron chi connectivity index (χ1n) is 6.39. The van der Waals surface area contributed by atoms with Gasteiger partial charge >= 0.3 is 0 Å². The van der Waals surface area contributed by atoms with Gasteiger partial charge < -0.3 is 19.7 Å². The number of hydrogen-bond acceptors (Lipinski definition) is 4. The van der Waals surface area contributed by atoms with Crippen LogP contribution in [-0.4, -0.2) is 63.0 Å². The van der Waals surface area contributed by atoms with E-state index in [1.807, 2.05) is 0 Å². The van der Waals surface area contributed by atoms with Crippen molar-refractivity contribution >= 4 is 0 Å². The minimum absolute atomic E-state index is 0.358. The molecule has 4 nitrogen and oxygen atoms in total. The van der Waals surface area contributed by atoms with Gasteiger partial charge in [0.05, 0.1) is 18.8 Å². The Bertz CT molecular complexity index is 191. The van der Waals surface area contributed by atoms with Crippen molar-refractivity contribution < 1.29 is 9.47 Å². The first-order chi connectivity index (χ1) is 7.74. The van der Waals surface area contributed by atoms with Crippen LogP contribution in [0.5, 0.6) is 0 Å². The molecule has 3 atom stereocenters. The number of rotatable bonds is 3. The van der Waals surface area contributed by atoms with Crippen LogP contribution in [-0.2, 0) is 9.47 Å². The first-order valence-corrected chi connectivity index (χ1v) is 6.39. The van der Waals surface area contributed by atoms with Gasteiger partial charge in [0.2, 0.25) is 0 Å². The number of ether oxygens (including phenoxy) is 2. The highest BCUT2D eigenvalue weighted by atomic mass is 16.5. The second kappa shape index (κ2) is 5.96. The van der Waals surface area contributed by atoms with Crippen LogP contribution in [0.1, 0.15) is 19.8 Å². The summed E-state index contributed by atoms with van der Waals surface area (Å²) in [6.45, 7) is 6.99. The van der Waals surface area contributed by atoms with Crippen molar-refractivity contribution in [3.63, 3.8) is 0 Å². The Morgan fingerprint density at radius 1 is 1.31 bits per heavy atom. The fraction of sp³-hybridized carbons (Fsp3) is 1.00. The molecule has 2 heterocycles. The summed E-state index contributed by atoms with van der Waals surface area (Å²) in [6.07, 6.45) is 3.02. The third-order valence-electron chi connectivity index (χ3n) is 3.46. The van der Waals surface area contributed by atoms with E-state index >= 15 is 0 Å². The van der Waals surface area contributed by atoms with Crippen molar-refractivity contribution in [3.8, 4) is 0 Å². The zero-order valence-corrected chi connectivity index (χ0v) is 10.4. The standard InChI is InChI=1S/C12H24N2O2/c1-10-7-11(3-5-15-10)13-8-12-9-14(2)4-6-16-12/h10-13H,3-9H2,1-2H3. The lowest BCUT2D eigenvalue weighted by Crippen LogP contribution is -2.48. The molecule has 0 aromatic rings. The van der Waals surface area contributed by atoms with Gasteiger partial charge in [0.1, 0.15) is 0 Å². The van der Waals surface area contributed by atoms with Crippen LogP contribution in [0.25, 0.3) is 0 Å². The SMILES string of the molecule is CC1CC(NCC2CN(C)CCO2)CCO1. The Morgan fingerprint density at radius 3 is 2.94 bits per heavy atom. The number of likely N-dealkylation sites (N-methyl/N-ethyl adjacent to an activating group) is 1. The second-order valence-corrected chi connectivity index (χ2v) is 5.07. The quantitative estimate of drug-likeness (QED) is 0.761. The van der Waals surface area contributed by atoms with Crippen LogP contribution in [0.15, 0.2) is 0 Å². The lowest BCUT2D eigenvalue weighted by molar-refractivity contribution is -0.0259. The molecule has 0 aromatic heterocycles. The number of nitrogens with zero attached hydrogens (tertiary/aromatic N) is 1. The van der Waals surface area contributed by atoms with E-state index in [9.17, 15) is 0 Å². The summed E-state index contributed by atoms with van der Waals surface area (Å²) in [4.78, 5) is 2.34. The molecule has 0 amide bonds. The number of hydrogen-bond donors (Lipinski definition) is 1. The van der Waals surface area contributed by atoms with Crippen molar-refractivity contribution in [2.45, 2.75) is 38.0 Å². The van der Waals surface area contributed by atoms with Crippen LogP contribution in [0.3, 0.4) is 0 Å². The molecule has 4 heteroatoms. The lowest BCUT2D eigenvalue weighted by atomic mass is 10.0. The zero-order valence-electron chi connectivity index (χ0n) is 10.4. The Labute approximate surface area is 98.3 Å². The van der Waals surface area contributed by atoms with Crippen molar-refractivity contribution in [1.82, 2.24) is 10.2 Å². The molecule has 2 aliphatic heterocycles. The van der Waals surface area contributed by atoms with E-state index in [0.29, 0.717) is 18.2 Å². The monoisotopic (exact) mass is 228 g/mol. The molecule has 0 saturated carbocycles. The maximum Gasteiger partial charge on any atom is 0.0826 e. The molecule has 0 bridgehead atoms. The van der Waals surface area contributed by atoms with E-state index in [-0.39, 0.29) is 0 Å². The Kier molecular flexibility index (Phi) is 4.58. The summed E-state index contributed by atoms with van der Waals surface area (Å²) < 4.78 is 11.3. The molecule has 0 aromatic carbocycles. The summed E-state index contributed by atoms with van der Waals surface area (Å²) in [5.74, 6) is 0. The average Bonchev–Trinajstić information content (AvgIpc) is 2.27. The molecular formula is C12H24N2O2. The molecule has 3 unspecified atom stereocenters. The van der Waals surface area contributed by atoms with Crippen LogP contribution < -0.4 is 5.32 Å². The lowest BCUT2D eigenvalue weighted by Gasteiger charge is -2.33. The molecule has 0 radical (unpaired) electrons. The van der Waals surface area contributed by atoms with Gasteiger partial charge in [-0.25, -0.2) is 0 Å². The van der Waals surface area contributed by atoms with Crippen LogP contribution in [0.4, 0.5) is 0 Å². The summed E-state index contributed by atoms with van der Waals surface area (Å²) in [5.41, 5.74) is 0. The van der Waals surface area contributed by atoms with E-state index in [2.05, 4.69) is 24.2 Å². The zero-order chi connectivity index (χ0) is 11.4. The van der Waals surface area contributed by atoms with E-state index in [1.165, 1.54) is 0 Å². The second-order valence-electron chi connectivity index (χ2n) is 5.07. The minimum atomic E-state index is 0.358. The maximum atomic E-state index is 5.73. The van der Waals surface area contributed by atoms with Crippen LogP contribution >= 0.6 is 0 Å². The van der Waals surface area contributed by atoms with Crippen LogP contribution in [0, 0.1) is 0 Å². The molecule has 0 spiro atoms. The van der Waals surface area contributed by atoms with Crippen molar-refractivity contribution in [1.29, 1.82) is 0 Å². The normalized spacial score (nSPS) is 37.5. The van der Waals surface area contributed by atoms with Crippen molar-refractivity contribution in [2.75, 3.05) is 39.9 Å². The van der Waals surface area contributed by atoms with Gasteiger partial charge in [0.15, 0.2) is 0 Å². The van der Waals surface area contributed by atoms with Crippen molar-refractivity contribution in [3.05, 3.63) is 0 Å². The predicted octanol–water partition coefficient (Wildman–Crippen LogP) is 0.474. The molecule has 2 aliphatic rings. The summed E-state index contributed by atoms with van der Waals surface area (Å²) in [5, 5.41) is 3.61. The van der Waals surface area contributed by atoms with E-state index < -0.39 is 0 Å². The van der Waals surface area contributed by atoms with Gasteiger partial charge in [0.25, 0.3) is 0 Å². The highest BCUT2D eigenvalue weighted by Gasteiger charge is 2.22. The molecule has 2 saturated heterocycles. The Balaban J connectivity index is 1.66. The van der Waals surface area contributed by atoms with Gasteiger partial charge in [-0.3, -0.25) is 0 Å². The number of morpholine rings is 1. The largest absolute Gasteiger partial charge is 0.378 e. The molecule has 94 valence electrons. The summed E-state index contributed by atoms with van der Waals surface area (Å²) >= 11 is 0. The van der Waals surface area contributed by atoms with Crippen LogP contribution in [0.2, 0.25) is 0 Å². The molecule has 16 heavy (non-hydrogen) atoms. The van der Waals surface area contributed by atoms with Gasteiger partial charge in [-0.15, -0.1) is 0 Å². The fourth-order valence-corrected chi connectivity index (χ4v) is 2.47. The Morgan fingerprint density at radius 2 is 2.19 bits per heavy atom. The topological polar surface area (TPSA) is 33.7 Å². The Hall–Kier alpha value is -0.160. The predicted molar refractivity (Wildman–Crippen MR) is 63.7 cm³/mol. The first kappa shape index (κ1) is 12.3. The third kappa shape index (κ3) is 3.70. The minimum Gasteiger partial charge on any atom is -0.378 e. The van der Waals surface area contributed by atoms with E-state index in [0.717, 1.165) is 45.7 Å². The van der Waals surface area contributed by atoms with Crippen molar-refractivity contribution in [2.24, 2.45) is 0 Å². The molecule has 2 rings (SSSR count). The van der Waals surface area contributed by atoms with Gasteiger partial charge in [-0.1, -0.05) is 0 Å². The molecule has 2 fully saturated rings. The van der Waals surface area contributed by atoms with Gasteiger partial charge in [-0.2, -0.15) is 0 Å². The third-order valence-corrected chi connectivity index (χ3v) is 3.46. The molecule has 0 aliphatic carbocycles. The molecule has 1 N–H and O–H groups in total. The average molecular weight is 228 g/mol. The van der Waals surface area contributed by atoms with Gasteiger partial charge in [0, 0.05) is 32.3 Å². The smallest absolute Gasteiger partial charge is 0.0826 e. The van der Waals surface area contributed by atoms with E-state index in [4.69, 9.17) is 9.47 Å². The highest BCUT2D eigenvalue weighted by Crippen LogP contribution is 2.13. The van der Waals surface area contributed by atoms with E-state index in [1.54, 1.807) is 0 Å². The van der Waals surface area contributed by atoms with Gasteiger partial charge in [-0.05, 0) is 26.8 Å². The highest BCUT2D eigenvalue weighted by molar-refractivity contribution is 4.78. The maximum absolute atomic E-state index is 5.73. The summed E-state index contributed by atoms with van der Waals surface area (Å²) in [6, 6.07) is 0.611. The summed E-state index contributed by atoms with van der Waals surface area (Å²) in [7, 11) is 2.16. The fourth-order valence-electron chi connectivity index (χ4n) is 2.47. The molecular weight excluding hydrogens is 204 g/mol.